The molecule has 1 aliphatic carbocycles. The zero-order valence-electron chi connectivity index (χ0n) is 19.9. The van der Waals surface area contributed by atoms with Gasteiger partial charge in [-0.15, -0.1) is 0 Å². The first kappa shape index (κ1) is 24.1. The fourth-order valence-corrected chi connectivity index (χ4v) is 4.87. The number of benzene rings is 2. The molecule has 0 radical (unpaired) electrons. The summed E-state index contributed by atoms with van der Waals surface area (Å²) in [5, 5.41) is 9.05. The topological polar surface area (TPSA) is 23.8 Å². The molecule has 168 valence electrons. The molecule has 0 aliphatic heterocycles. The first-order chi connectivity index (χ1) is 15.8. The van der Waals surface area contributed by atoms with Crippen LogP contribution in [0.4, 0.5) is 0 Å². The molecule has 0 fully saturated rings. The normalized spacial score (nSPS) is 17.7. The van der Waals surface area contributed by atoms with Gasteiger partial charge in [-0.1, -0.05) is 132 Å². The summed E-state index contributed by atoms with van der Waals surface area (Å²) in [7, 11) is 0. The summed E-state index contributed by atoms with van der Waals surface area (Å²) in [6.07, 6.45) is 23.2. The lowest BCUT2D eigenvalue weighted by molar-refractivity contribution is 0.451. The van der Waals surface area contributed by atoms with Crippen LogP contribution in [0.15, 0.2) is 72.8 Å². The second kappa shape index (κ2) is 13.1. The Balaban J connectivity index is 1.53. The van der Waals surface area contributed by atoms with Crippen LogP contribution in [0.25, 0.3) is 5.57 Å². The summed E-state index contributed by atoms with van der Waals surface area (Å²) < 4.78 is 0. The van der Waals surface area contributed by atoms with Gasteiger partial charge in [0.2, 0.25) is 0 Å². The van der Waals surface area contributed by atoms with Crippen molar-refractivity contribution >= 4 is 5.57 Å². The number of nitriles is 1. The second-order valence-electron chi connectivity index (χ2n) is 9.34. The molecule has 0 spiro atoms. The van der Waals surface area contributed by atoms with Gasteiger partial charge in [0.25, 0.3) is 0 Å². The average molecular weight is 426 g/mol. The summed E-state index contributed by atoms with van der Waals surface area (Å²) in [6.45, 7) is 2.29. The fourth-order valence-electron chi connectivity index (χ4n) is 4.87. The number of rotatable bonds is 13. The van der Waals surface area contributed by atoms with Gasteiger partial charge in [-0.05, 0) is 41.7 Å². The third kappa shape index (κ3) is 6.96. The van der Waals surface area contributed by atoms with Crippen molar-refractivity contribution in [2.24, 2.45) is 0 Å². The van der Waals surface area contributed by atoms with E-state index in [0.717, 1.165) is 6.42 Å². The van der Waals surface area contributed by atoms with Crippen LogP contribution in [-0.4, -0.2) is 0 Å². The van der Waals surface area contributed by atoms with Crippen LogP contribution in [-0.2, 0) is 5.41 Å². The smallest absolute Gasteiger partial charge is 0.0991 e. The molecule has 3 rings (SSSR count). The van der Waals surface area contributed by atoms with E-state index in [2.05, 4.69) is 73.7 Å². The summed E-state index contributed by atoms with van der Waals surface area (Å²) >= 11 is 0. The van der Waals surface area contributed by atoms with Gasteiger partial charge >= 0.3 is 0 Å². The Morgan fingerprint density at radius 2 is 1.41 bits per heavy atom. The van der Waals surface area contributed by atoms with Crippen molar-refractivity contribution in [2.75, 3.05) is 0 Å². The molecule has 0 amide bonds. The van der Waals surface area contributed by atoms with Crippen LogP contribution in [0.5, 0.6) is 0 Å². The number of nitrogens with zero attached hydrogens (tertiary/aromatic N) is 1. The molecule has 1 aliphatic rings. The van der Waals surface area contributed by atoms with Crippen LogP contribution in [0.2, 0.25) is 0 Å². The van der Waals surface area contributed by atoms with E-state index in [9.17, 15) is 0 Å². The highest BCUT2D eigenvalue weighted by molar-refractivity contribution is 5.76. The van der Waals surface area contributed by atoms with Gasteiger partial charge in [-0.25, -0.2) is 0 Å². The van der Waals surface area contributed by atoms with Crippen LogP contribution in [0.1, 0.15) is 101 Å². The minimum atomic E-state index is 0.109. The van der Waals surface area contributed by atoms with Crippen LogP contribution < -0.4 is 0 Å². The molecule has 2 aromatic carbocycles. The minimum Gasteiger partial charge on any atom is -0.192 e. The molecule has 2 aromatic rings. The molecule has 0 aromatic heterocycles. The predicted octanol–water partition coefficient (Wildman–Crippen LogP) is 9.15. The van der Waals surface area contributed by atoms with Gasteiger partial charge < -0.3 is 0 Å². The molecule has 0 heterocycles. The van der Waals surface area contributed by atoms with Crippen molar-refractivity contribution in [1.82, 2.24) is 0 Å². The summed E-state index contributed by atoms with van der Waals surface area (Å²) in [5.41, 5.74) is 4.72. The summed E-state index contributed by atoms with van der Waals surface area (Å²) in [6, 6.07) is 21.2. The van der Waals surface area contributed by atoms with Gasteiger partial charge in [-0.2, -0.15) is 5.26 Å². The maximum atomic E-state index is 9.05. The van der Waals surface area contributed by atoms with Crippen molar-refractivity contribution in [3.8, 4) is 6.07 Å². The van der Waals surface area contributed by atoms with Crippen LogP contribution >= 0.6 is 0 Å². The summed E-state index contributed by atoms with van der Waals surface area (Å²) in [4.78, 5) is 0. The van der Waals surface area contributed by atoms with Crippen molar-refractivity contribution in [1.29, 1.82) is 5.26 Å². The van der Waals surface area contributed by atoms with Crippen LogP contribution in [0.3, 0.4) is 0 Å². The number of hydrogen-bond acceptors (Lipinski definition) is 1. The lowest BCUT2D eigenvalue weighted by Gasteiger charge is -2.33. The number of unbranched alkanes of at least 4 members (excludes halogenated alkanes) is 9. The molecule has 1 heteroatoms. The third-order valence-corrected chi connectivity index (χ3v) is 6.94. The average Bonchev–Trinajstić information content (AvgIpc) is 2.86. The highest BCUT2D eigenvalue weighted by Gasteiger charge is 2.30. The molecule has 1 nitrogen and oxygen atoms in total. The fraction of sp³-hybridized carbons (Fsp3) is 0.452. The van der Waals surface area contributed by atoms with Crippen LogP contribution in [0, 0.1) is 11.3 Å². The largest absolute Gasteiger partial charge is 0.192 e. The Bertz CT molecular complexity index is 898. The Labute approximate surface area is 195 Å². The monoisotopic (exact) mass is 425 g/mol. The molecule has 1 atom stereocenters. The maximum absolute atomic E-state index is 9.05. The molecule has 0 N–H and O–H groups in total. The first-order valence-electron chi connectivity index (χ1n) is 12.7. The van der Waals surface area contributed by atoms with E-state index < -0.39 is 0 Å². The lowest BCUT2D eigenvalue weighted by Crippen LogP contribution is -2.24. The van der Waals surface area contributed by atoms with E-state index >= 15 is 0 Å². The second-order valence-corrected chi connectivity index (χ2v) is 9.34. The van der Waals surface area contributed by atoms with E-state index in [1.54, 1.807) is 0 Å². The molecule has 32 heavy (non-hydrogen) atoms. The number of allylic oxidation sites excluding steroid dienone is 4. The Morgan fingerprint density at radius 1 is 0.781 bits per heavy atom. The van der Waals surface area contributed by atoms with Crippen molar-refractivity contribution < 1.29 is 0 Å². The molecule has 0 saturated carbocycles. The minimum absolute atomic E-state index is 0.109. The van der Waals surface area contributed by atoms with E-state index in [-0.39, 0.29) is 5.41 Å². The van der Waals surface area contributed by atoms with E-state index in [1.807, 2.05) is 12.1 Å². The Morgan fingerprint density at radius 3 is 1.97 bits per heavy atom. The highest BCUT2D eigenvalue weighted by Crippen LogP contribution is 2.40. The van der Waals surface area contributed by atoms with Gasteiger partial charge in [0.05, 0.1) is 11.6 Å². The van der Waals surface area contributed by atoms with E-state index in [1.165, 1.54) is 87.3 Å². The van der Waals surface area contributed by atoms with E-state index in [0.29, 0.717) is 5.56 Å². The van der Waals surface area contributed by atoms with Gasteiger partial charge in [0, 0.05) is 5.41 Å². The van der Waals surface area contributed by atoms with E-state index in [4.69, 9.17) is 5.26 Å². The van der Waals surface area contributed by atoms with Crippen molar-refractivity contribution in [3.63, 3.8) is 0 Å². The van der Waals surface area contributed by atoms with Gasteiger partial charge in [0.15, 0.2) is 0 Å². The standard InChI is InChI=1S/C31H39N/c1-2-3-4-5-6-7-8-9-10-14-23-31(30-15-12-11-13-16-30)24-21-29(22-25-31)28-19-17-27(26-32)18-20-28/h11-13,15-22,24H,2-10,14,23,25H2,1H3. The molecular weight excluding hydrogens is 386 g/mol. The van der Waals surface area contributed by atoms with Gasteiger partial charge in [-0.3, -0.25) is 0 Å². The Kier molecular flexibility index (Phi) is 9.83. The first-order valence-corrected chi connectivity index (χ1v) is 12.7. The van der Waals surface area contributed by atoms with Gasteiger partial charge in [0.1, 0.15) is 0 Å². The number of hydrogen-bond donors (Lipinski definition) is 0. The zero-order chi connectivity index (χ0) is 22.5. The molecule has 0 saturated heterocycles. The molecular formula is C31H39N. The predicted molar refractivity (Wildman–Crippen MR) is 137 cm³/mol. The maximum Gasteiger partial charge on any atom is 0.0991 e. The third-order valence-electron chi connectivity index (χ3n) is 6.94. The van der Waals surface area contributed by atoms with Crippen molar-refractivity contribution in [2.45, 2.75) is 89.4 Å². The van der Waals surface area contributed by atoms with Crippen molar-refractivity contribution in [3.05, 3.63) is 89.5 Å². The summed E-state index contributed by atoms with van der Waals surface area (Å²) in [5.74, 6) is 0. The SMILES string of the molecule is CCCCCCCCCCCCC1(c2ccccc2)C=CC(c2ccc(C#N)cc2)=CC1. The Hall–Kier alpha value is -2.59. The zero-order valence-corrected chi connectivity index (χ0v) is 19.9. The molecule has 0 bridgehead atoms. The lowest BCUT2D eigenvalue weighted by atomic mass is 9.70. The molecule has 1 unspecified atom stereocenters. The quantitative estimate of drug-likeness (QED) is 0.293. The highest BCUT2D eigenvalue weighted by atomic mass is 14.3.